The Balaban J connectivity index is 1.69. The number of nitrogens with zero attached hydrogens (tertiary/aromatic N) is 2. The van der Waals surface area contributed by atoms with Crippen LogP contribution in [0.3, 0.4) is 0 Å². The summed E-state index contributed by atoms with van der Waals surface area (Å²) in [6, 6.07) is 0.00849. The Morgan fingerprint density at radius 1 is 1.17 bits per heavy atom. The highest BCUT2D eigenvalue weighted by Crippen LogP contribution is 2.16. The fourth-order valence-electron chi connectivity index (χ4n) is 3.39. The molecule has 2 saturated heterocycles. The van der Waals surface area contributed by atoms with Crippen LogP contribution in [0.2, 0.25) is 0 Å². The lowest BCUT2D eigenvalue weighted by molar-refractivity contribution is -0.142. The van der Waals surface area contributed by atoms with E-state index in [-0.39, 0.29) is 18.0 Å². The van der Waals surface area contributed by atoms with Crippen LogP contribution in [0.15, 0.2) is 0 Å². The van der Waals surface area contributed by atoms with Crippen LogP contribution in [-0.4, -0.2) is 67.2 Å². The zero-order chi connectivity index (χ0) is 17.4. The van der Waals surface area contributed by atoms with Crippen molar-refractivity contribution in [2.24, 2.45) is 5.92 Å². The highest BCUT2D eigenvalue weighted by molar-refractivity contribution is 5.81. The second-order valence-electron chi connectivity index (χ2n) is 6.92. The van der Waals surface area contributed by atoms with E-state index < -0.39 is 0 Å². The quantitative estimate of drug-likeness (QED) is 0.774. The maximum Gasteiger partial charge on any atom is 0.317 e. The van der Waals surface area contributed by atoms with E-state index in [0.29, 0.717) is 38.7 Å². The third-order valence-corrected chi connectivity index (χ3v) is 5.17. The number of hydrogen-bond donors (Lipinski definition) is 1. The van der Waals surface area contributed by atoms with Gasteiger partial charge in [0, 0.05) is 39.3 Å². The summed E-state index contributed by atoms with van der Waals surface area (Å²) in [5.74, 6) is 0.662. The molecule has 0 spiro atoms. The molecule has 1 N–H and O–H groups in total. The van der Waals surface area contributed by atoms with Crippen molar-refractivity contribution in [3.05, 3.63) is 0 Å². The summed E-state index contributed by atoms with van der Waals surface area (Å²) in [6.45, 7) is 8.26. The van der Waals surface area contributed by atoms with Gasteiger partial charge in [0.05, 0.1) is 0 Å². The molecule has 0 aliphatic carbocycles. The molecule has 2 fully saturated rings. The Bertz CT molecular complexity index is 402. The van der Waals surface area contributed by atoms with Gasteiger partial charge in [-0.05, 0) is 25.2 Å². The molecule has 0 aromatic rings. The number of piperazine rings is 1. The van der Waals surface area contributed by atoms with Crippen molar-refractivity contribution < 1.29 is 14.3 Å². The van der Waals surface area contributed by atoms with Crippen LogP contribution >= 0.6 is 0 Å². The number of ether oxygens (including phenoxy) is 1. The second kappa shape index (κ2) is 9.87. The van der Waals surface area contributed by atoms with E-state index in [9.17, 15) is 9.59 Å². The molecule has 0 aromatic carbocycles. The Kier molecular flexibility index (Phi) is 7.82. The fraction of sp³-hybridized carbons (Fsp3) is 0.889. The molecule has 2 heterocycles. The summed E-state index contributed by atoms with van der Waals surface area (Å²) >= 11 is 0. The molecule has 0 radical (unpaired) electrons. The first-order chi connectivity index (χ1) is 11.7. The molecule has 6 nitrogen and oxygen atoms in total. The van der Waals surface area contributed by atoms with Crippen LogP contribution < -0.4 is 5.32 Å². The Hall–Kier alpha value is -1.30. The van der Waals surface area contributed by atoms with Crippen LogP contribution in [0.5, 0.6) is 0 Å². The number of hydrogen-bond acceptors (Lipinski definition) is 3. The number of carbonyl (C=O) groups excluding carboxylic acids is 2. The molecule has 24 heavy (non-hydrogen) atoms. The van der Waals surface area contributed by atoms with E-state index >= 15 is 0 Å². The van der Waals surface area contributed by atoms with Crippen molar-refractivity contribution in [3.8, 4) is 0 Å². The van der Waals surface area contributed by atoms with Gasteiger partial charge < -0.3 is 19.9 Å². The largest absolute Gasteiger partial charge is 0.368 e. The molecule has 138 valence electrons. The third-order valence-electron chi connectivity index (χ3n) is 5.17. The monoisotopic (exact) mass is 339 g/mol. The van der Waals surface area contributed by atoms with Gasteiger partial charge in [0.25, 0.3) is 5.91 Å². The molecular weight excluding hydrogens is 306 g/mol. The standard InChI is InChI=1S/C18H33N3O3/c1-3-5-7-15(4-2)14-19-18(23)21-11-9-20(10-12-21)17(22)16-8-6-13-24-16/h15-16H,3-14H2,1-2H3,(H,19,23). The Labute approximate surface area is 145 Å². The van der Waals surface area contributed by atoms with Crippen LogP contribution in [0.25, 0.3) is 0 Å². The molecule has 0 saturated carbocycles. The summed E-state index contributed by atoms with van der Waals surface area (Å²) in [6.07, 6.45) is 6.24. The number of carbonyl (C=O) groups is 2. The molecule has 2 atom stereocenters. The topological polar surface area (TPSA) is 61.9 Å². The molecule has 0 bridgehead atoms. The maximum atomic E-state index is 12.3. The predicted octanol–water partition coefficient (Wildman–Crippen LogP) is 2.24. The molecule has 2 unspecified atom stereocenters. The van der Waals surface area contributed by atoms with Crippen molar-refractivity contribution in [2.45, 2.75) is 58.5 Å². The lowest BCUT2D eigenvalue weighted by Crippen LogP contribution is -2.55. The minimum Gasteiger partial charge on any atom is -0.368 e. The first-order valence-corrected chi connectivity index (χ1v) is 9.58. The van der Waals surface area contributed by atoms with Crippen molar-refractivity contribution in [1.82, 2.24) is 15.1 Å². The summed E-state index contributed by atoms with van der Waals surface area (Å²) in [7, 11) is 0. The van der Waals surface area contributed by atoms with Gasteiger partial charge in [0.1, 0.15) is 6.10 Å². The van der Waals surface area contributed by atoms with Gasteiger partial charge in [-0.25, -0.2) is 4.79 Å². The molecule has 3 amide bonds. The SMILES string of the molecule is CCCCC(CC)CNC(=O)N1CCN(C(=O)C2CCCO2)CC1. The summed E-state index contributed by atoms with van der Waals surface area (Å²) in [5, 5.41) is 3.07. The van der Waals surface area contributed by atoms with Crippen molar-refractivity contribution in [1.29, 1.82) is 0 Å². The van der Waals surface area contributed by atoms with Crippen molar-refractivity contribution in [3.63, 3.8) is 0 Å². The number of rotatable bonds is 7. The minimum atomic E-state index is -0.255. The van der Waals surface area contributed by atoms with E-state index in [4.69, 9.17) is 4.74 Å². The summed E-state index contributed by atoms with van der Waals surface area (Å²) < 4.78 is 5.47. The van der Waals surface area contributed by atoms with E-state index in [0.717, 1.165) is 25.8 Å². The zero-order valence-electron chi connectivity index (χ0n) is 15.3. The van der Waals surface area contributed by atoms with Gasteiger partial charge in [0.15, 0.2) is 0 Å². The summed E-state index contributed by atoms with van der Waals surface area (Å²) in [5.41, 5.74) is 0. The normalized spacial score (nSPS) is 22.5. The van der Waals surface area contributed by atoms with Crippen molar-refractivity contribution in [2.75, 3.05) is 39.3 Å². The van der Waals surface area contributed by atoms with Crippen LogP contribution in [0.1, 0.15) is 52.4 Å². The van der Waals surface area contributed by atoms with Gasteiger partial charge in [0.2, 0.25) is 0 Å². The predicted molar refractivity (Wildman–Crippen MR) is 93.8 cm³/mol. The average Bonchev–Trinajstić information content (AvgIpc) is 3.16. The first-order valence-electron chi connectivity index (χ1n) is 9.58. The number of amides is 3. The molecule has 2 rings (SSSR count). The second-order valence-corrected chi connectivity index (χ2v) is 6.92. The average molecular weight is 339 g/mol. The Morgan fingerprint density at radius 3 is 2.46 bits per heavy atom. The Morgan fingerprint density at radius 2 is 1.88 bits per heavy atom. The number of unbranched alkanes of at least 4 members (excludes halogenated alkanes) is 1. The van der Waals surface area contributed by atoms with Gasteiger partial charge in [-0.2, -0.15) is 0 Å². The first kappa shape index (κ1) is 19.0. The molecule has 2 aliphatic heterocycles. The minimum absolute atomic E-state index is 0.00849. The molecule has 2 aliphatic rings. The lowest BCUT2D eigenvalue weighted by atomic mass is 9.99. The van der Waals surface area contributed by atoms with Gasteiger partial charge >= 0.3 is 6.03 Å². The van der Waals surface area contributed by atoms with Gasteiger partial charge in [-0.1, -0.05) is 33.1 Å². The van der Waals surface area contributed by atoms with E-state index in [2.05, 4.69) is 19.2 Å². The number of urea groups is 1. The van der Waals surface area contributed by atoms with Gasteiger partial charge in [-0.15, -0.1) is 0 Å². The summed E-state index contributed by atoms with van der Waals surface area (Å²) in [4.78, 5) is 28.3. The highest BCUT2D eigenvalue weighted by Gasteiger charge is 2.31. The third kappa shape index (κ3) is 5.36. The highest BCUT2D eigenvalue weighted by atomic mass is 16.5. The van der Waals surface area contributed by atoms with Crippen LogP contribution in [0.4, 0.5) is 4.79 Å². The van der Waals surface area contributed by atoms with E-state index in [1.165, 1.54) is 19.3 Å². The fourth-order valence-corrected chi connectivity index (χ4v) is 3.39. The van der Waals surface area contributed by atoms with E-state index in [1.54, 1.807) is 0 Å². The smallest absolute Gasteiger partial charge is 0.317 e. The lowest BCUT2D eigenvalue weighted by Gasteiger charge is -2.36. The number of nitrogens with one attached hydrogen (secondary N) is 1. The van der Waals surface area contributed by atoms with Crippen molar-refractivity contribution >= 4 is 11.9 Å². The van der Waals surface area contributed by atoms with Gasteiger partial charge in [-0.3, -0.25) is 4.79 Å². The molecular formula is C18H33N3O3. The zero-order valence-corrected chi connectivity index (χ0v) is 15.3. The van der Waals surface area contributed by atoms with E-state index in [1.807, 2.05) is 9.80 Å². The van der Waals surface area contributed by atoms with Crippen LogP contribution in [-0.2, 0) is 9.53 Å². The maximum absolute atomic E-state index is 12.3. The molecule has 0 aromatic heterocycles. The van der Waals surface area contributed by atoms with Crippen LogP contribution in [0, 0.1) is 5.92 Å². The molecule has 6 heteroatoms.